The number of aromatic nitrogens is 2. The first-order chi connectivity index (χ1) is 14.6. The van der Waals surface area contributed by atoms with Gasteiger partial charge in [-0.1, -0.05) is 31.5 Å². The summed E-state index contributed by atoms with van der Waals surface area (Å²) in [5.41, 5.74) is 3.45. The maximum atomic E-state index is 12.8. The second-order valence-electron chi connectivity index (χ2n) is 7.49. The Bertz CT molecular complexity index is 1020. The van der Waals surface area contributed by atoms with Gasteiger partial charge < -0.3 is 14.6 Å². The van der Waals surface area contributed by atoms with E-state index in [9.17, 15) is 9.59 Å². The predicted molar refractivity (Wildman–Crippen MR) is 114 cm³/mol. The van der Waals surface area contributed by atoms with Crippen molar-refractivity contribution in [3.8, 4) is 11.5 Å². The number of carbonyl (C=O) groups excluding carboxylic acids is 2. The summed E-state index contributed by atoms with van der Waals surface area (Å²) in [6.07, 6.45) is 4.81. The third-order valence-electron chi connectivity index (χ3n) is 5.30. The molecule has 1 N–H and O–H groups in total. The highest BCUT2D eigenvalue weighted by atomic mass is 16.4. The highest BCUT2D eigenvalue weighted by Crippen LogP contribution is 2.27. The number of anilines is 2. The van der Waals surface area contributed by atoms with Gasteiger partial charge in [0, 0.05) is 29.9 Å². The Morgan fingerprint density at radius 3 is 2.80 bits per heavy atom. The minimum absolute atomic E-state index is 0.0314. The number of rotatable bonds is 7. The highest BCUT2D eigenvalue weighted by molar-refractivity contribution is 6.03. The molecule has 7 heteroatoms. The second-order valence-corrected chi connectivity index (χ2v) is 7.49. The van der Waals surface area contributed by atoms with Crippen molar-refractivity contribution in [1.29, 1.82) is 0 Å². The molecule has 2 amide bonds. The first-order valence-corrected chi connectivity index (χ1v) is 10.2. The van der Waals surface area contributed by atoms with Gasteiger partial charge in [-0.3, -0.25) is 9.59 Å². The van der Waals surface area contributed by atoms with Crippen molar-refractivity contribution in [1.82, 2.24) is 10.2 Å². The minimum atomic E-state index is -0.399. The number of nitrogens with zero attached hydrogens (tertiary/aromatic N) is 3. The molecule has 0 aliphatic carbocycles. The fourth-order valence-corrected chi connectivity index (χ4v) is 3.63. The zero-order chi connectivity index (χ0) is 20.9. The van der Waals surface area contributed by atoms with Gasteiger partial charge in [0.2, 0.25) is 24.1 Å². The monoisotopic (exact) mass is 404 g/mol. The van der Waals surface area contributed by atoms with E-state index in [0.717, 1.165) is 30.5 Å². The summed E-state index contributed by atoms with van der Waals surface area (Å²) in [6.45, 7) is 2.55. The number of hydrogen-bond acceptors (Lipinski definition) is 5. The number of benzene rings is 2. The lowest BCUT2D eigenvalue weighted by molar-refractivity contribution is -0.122. The molecule has 4 rings (SSSR count). The SMILES string of the molecule is CCCCc1ccc(N2C[C@H](C(=O)Nc3cccc(-c4nnco4)c3)CC2=O)cc1. The van der Waals surface area contributed by atoms with Crippen molar-refractivity contribution in [2.75, 3.05) is 16.8 Å². The molecular formula is C23H24N4O3. The van der Waals surface area contributed by atoms with E-state index in [4.69, 9.17) is 4.42 Å². The Balaban J connectivity index is 1.40. The average Bonchev–Trinajstić information content (AvgIpc) is 3.43. The van der Waals surface area contributed by atoms with Gasteiger partial charge in [-0.05, 0) is 48.7 Å². The van der Waals surface area contributed by atoms with Crippen LogP contribution in [0.3, 0.4) is 0 Å². The van der Waals surface area contributed by atoms with Gasteiger partial charge in [-0.25, -0.2) is 0 Å². The van der Waals surface area contributed by atoms with Gasteiger partial charge in [-0.2, -0.15) is 0 Å². The van der Waals surface area contributed by atoms with E-state index in [1.54, 1.807) is 23.1 Å². The Morgan fingerprint density at radius 2 is 2.07 bits per heavy atom. The molecule has 7 nitrogen and oxygen atoms in total. The normalized spacial score (nSPS) is 16.1. The first-order valence-electron chi connectivity index (χ1n) is 10.2. The lowest BCUT2D eigenvalue weighted by atomic mass is 10.1. The van der Waals surface area contributed by atoms with Crippen LogP contribution < -0.4 is 10.2 Å². The van der Waals surface area contributed by atoms with Crippen LogP contribution in [0.4, 0.5) is 11.4 Å². The van der Waals surface area contributed by atoms with E-state index >= 15 is 0 Å². The summed E-state index contributed by atoms with van der Waals surface area (Å²) >= 11 is 0. The molecule has 0 unspecified atom stereocenters. The Morgan fingerprint density at radius 1 is 1.23 bits per heavy atom. The van der Waals surface area contributed by atoms with E-state index in [-0.39, 0.29) is 18.2 Å². The first kappa shape index (κ1) is 19.8. The summed E-state index contributed by atoms with van der Waals surface area (Å²) in [4.78, 5) is 27.0. The fourth-order valence-electron chi connectivity index (χ4n) is 3.63. The molecule has 1 aromatic heterocycles. The van der Waals surface area contributed by atoms with Crippen LogP contribution in [0.25, 0.3) is 11.5 Å². The van der Waals surface area contributed by atoms with E-state index in [0.29, 0.717) is 18.1 Å². The molecule has 1 fully saturated rings. The molecule has 1 atom stereocenters. The second kappa shape index (κ2) is 8.90. The van der Waals surface area contributed by atoms with Crippen LogP contribution in [0.15, 0.2) is 59.3 Å². The number of carbonyl (C=O) groups is 2. The molecule has 0 saturated carbocycles. The molecule has 0 spiro atoms. The Hall–Kier alpha value is -3.48. The molecule has 1 aliphatic rings. The van der Waals surface area contributed by atoms with Gasteiger partial charge in [0.25, 0.3) is 0 Å². The largest absolute Gasteiger partial charge is 0.423 e. The van der Waals surface area contributed by atoms with Crippen LogP contribution >= 0.6 is 0 Å². The molecule has 2 heterocycles. The van der Waals surface area contributed by atoms with E-state index < -0.39 is 5.92 Å². The molecule has 0 radical (unpaired) electrons. The average molecular weight is 404 g/mol. The van der Waals surface area contributed by atoms with Gasteiger partial charge in [0.05, 0.1) is 5.92 Å². The van der Waals surface area contributed by atoms with Gasteiger partial charge in [0.1, 0.15) is 0 Å². The van der Waals surface area contributed by atoms with Crippen LogP contribution in [0.2, 0.25) is 0 Å². The Labute approximate surface area is 175 Å². The number of hydrogen-bond donors (Lipinski definition) is 1. The summed E-state index contributed by atoms with van der Waals surface area (Å²) in [7, 11) is 0. The number of unbranched alkanes of at least 4 members (excludes halogenated alkanes) is 1. The van der Waals surface area contributed by atoms with Crippen LogP contribution in [-0.2, 0) is 16.0 Å². The molecule has 2 aromatic carbocycles. The summed E-state index contributed by atoms with van der Waals surface area (Å²) < 4.78 is 5.20. The summed E-state index contributed by atoms with van der Waals surface area (Å²) in [5, 5.41) is 10.5. The molecule has 0 bridgehead atoms. The van der Waals surface area contributed by atoms with Crippen LogP contribution in [0.5, 0.6) is 0 Å². The van der Waals surface area contributed by atoms with E-state index in [1.165, 1.54) is 12.0 Å². The maximum absolute atomic E-state index is 12.8. The standard InChI is InChI=1S/C23H24N4O3/c1-2-3-5-16-8-10-20(11-9-16)27-14-18(13-21(27)28)22(29)25-19-7-4-6-17(12-19)23-26-24-15-30-23/h4,6-12,15,18H,2-3,5,13-14H2,1H3,(H,25,29)/t18-/m1/s1. The van der Waals surface area contributed by atoms with Crippen LogP contribution in [-0.4, -0.2) is 28.6 Å². The molecular weight excluding hydrogens is 380 g/mol. The molecule has 1 aliphatic heterocycles. The summed E-state index contributed by atoms with van der Waals surface area (Å²) in [6, 6.07) is 15.3. The fraction of sp³-hybridized carbons (Fsp3) is 0.304. The van der Waals surface area contributed by atoms with Crippen LogP contribution in [0.1, 0.15) is 31.7 Å². The van der Waals surface area contributed by atoms with Gasteiger partial charge >= 0.3 is 0 Å². The topological polar surface area (TPSA) is 88.3 Å². The zero-order valence-corrected chi connectivity index (χ0v) is 16.9. The Kier molecular flexibility index (Phi) is 5.88. The van der Waals surface area contributed by atoms with Crippen molar-refractivity contribution in [3.63, 3.8) is 0 Å². The van der Waals surface area contributed by atoms with E-state index in [2.05, 4.69) is 34.6 Å². The third-order valence-corrected chi connectivity index (χ3v) is 5.30. The van der Waals surface area contributed by atoms with Gasteiger partial charge in [0.15, 0.2) is 0 Å². The highest BCUT2D eigenvalue weighted by Gasteiger charge is 2.35. The lowest BCUT2D eigenvalue weighted by Gasteiger charge is -2.17. The van der Waals surface area contributed by atoms with E-state index in [1.807, 2.05) is 18.2 Å². The van der Waals surface area contributed by atoms with Crippen molar-refractivity contribution in [2.45, 2.75) is 32.6 Å². The summed E-state index contributed by atoms with van der Waals surface area (Å²) in [5.74, 6) is -0.218. The smallest absolute Gasteiger partial charge is 0.247 e. The van der Waals surface area contributed by atoms with Crippen molar-refractivity contribution < 1.29 is 14.0 Å². The minimum Gasteiger partial charge on any atom is -0.423 e. The molecule has 154 valence electrons. The zero-order valence-electron chi connectivity index (χ0n) is 16.9. The third kappa shape index (κ3) is 4.40. The maximum Gasteiger partial charge on any atom is 0.247 e. The van der Waals surface area contributed by atoms with Crippen LogP contribution in [0, 0.1) is 5.92 Å². The van der Waals surface area contributed by atoms with Crippen molar-refractivity contribution in [2.24, 2.45) is 5.92 Å². The van der Waals surface area contributed by atoms with Crippen molar-refractivity contribution >= 4 is 23.2 Å². The van der Waals surface area contributed by atoms with Gasteiger partial charge in [-0.15, -0.1) is 10.2 Å². The number of amides is 2. The number of nitrogens with one attached hydrogen (secondary N) is 1. The molecule has 3 aromatic rings. The lowest BCUT2D eigenvalue weighted by Crippen LogP contribution is -2.28. The quantitative estimate of drug-likeness (QED) is 0.641. The molecule has 1 saturated heterocycles. The number of aryl methyl sites for hydroxylation is 1. The molecule has 30 heavy (non-hydrogen) atoms. The van der Waals surface area contributed by atoms with Crippen molar-refractivity contribution in [3.05, 3.63) is 60.5 Å². The predicted octanol–water partition coefficient (Wildman–Crippen LogP) is 4.07.